The minimum atomic E-state index is -6.12. The number of halogens is 7. The molecule has 1 aliphatic carbocycles. The number of fused-ring (bicyclic) bond motifs is 1. The number of hydrogen-bond donors (Lipinski definition) is 2. The molecule has 8 nitrogen and oxygen atoms in total. The molecule has 1 aromatic heterocycles. The van der Waals surface area contributed by atoms with E-state index in [1.165, 1.54) is 0 Å². The summed E-state index contributed by atoms with van der Waals surface area (Å²) in [6, 6.07) is 4.43. The highest BCUT2D eigenvalue weighted by atomic mass is 32.2. The van der Waals surface area contributed by atoms with E-state index < -0.39 is 50.9 Å². The zero-order valence-corrected chi connectivity index (χ0v) is 21.1. The second-order valence-electron chi connectivity index (χ2n) is 9.86. The van der Waals surface area contributed by atoms with Crippen LogP contribution >= 0.6 is 0 Å². The van der Waals surface area contributed by atoms with Gasteiger partial charge in [0.2, 0.25) is 11.8 Å². The molecule has 0 spiro atoms. The van der Waals surface area contributed by atoms with Crippen LogP contribution in [0.2, 0.25) is 0 Å². The molecule has 0 bridgehead atoms. The van der Waals surface area contributed by atoms with Crippen molar-refractivity contribution in [3.8, 4) is 0 Å². The number of benzene rings is 2. The minimum Gasteiger partial charge on any atom is -0.423 e. The second kappa shape index (κ2) is 9.14. The highest BCUT2D eigenvalue weighted by molar-refractivity contribution is 7.92. The Morgan fingerprint density at radius 2 is 1.65 bits per heavy atom. The number of aryl methyl sites for hydroxylation is 1. The van der Waals surface area contributed by atoms with Gasteiger partial charge in [-0.05, 0) is 61.6 Å². The van der Waals surface area contributed by atoms with Gasteiger partial charge in [-0.15, -0.1) is 10.2 Å². The number of aliphatic hydroxyl groups is 1. The van der Waals surface area contributed by atoms with Gasteiger partial charge < -0.3 is 15.3 Å². The number of nitrogens with zero attached hydrogens (tertiary/aromatic N) is 3. The smallest absolute Gasteiger partial charge is 0.423 e. The lowest BCUT2D eigenvalue weighted by atomic mass is 9.87. The Kier molecular flexibility index (Phi) is 6.46. The van der Waals surface area contributed by atoms with E-state index in [-0.39, 0.29) is 47.2 Å². The first-order valence-electron chi connectivity index (χ1n) is 11.9. The van der Waals surface area contributed by atoms with Crippen LogP contribution in [0.25, 0.3) is 0 Å². The van der Waals surface area contributed by atoms with Crippen molar-refractivity contribution in [3.05, 3.63) is 71.2 Å². The summed E-state index contributed by atoms with van der Waals surface area (Å²) in [5.74, 6) is -0.540. The van der Waals surface area contributed by atoms with Crippen molar-refractivity contribution in [3.63, 3.8) is 0 Å². The van der Waals surface area contributed by atoms with Gasteiger partial charge in [0.15, 0.2) is 0 Å². The Morgan fingerprint density at radius 3 is 2.23 bits per heavy atom. The van der Waals surface area contributed by atoms with E-state index in [9.17, 15) is 44.3 Å². The molecule has 2 aromatic carbocycles. The van der Waals surface area contributed by atoms with E-state index in [4.69, 9.17) is 10.2 Å². The summed E-state index contributed by atoms with van der Waals surface area (Å²) in [6.07, 6.45) is -11.4. The molecule has 1 unspecified atom stereocenters. The van der Waals surface area contributed by atoms with Crippen molar-refractivity contribution in [2.75, 3.05) is 4.31 Å². The van der Waals surface area contributed by atoms with Gasteiger partial charge in [-0.3, -0.25) is 4.31 Å². The number of sulfonamides is 1. The molecule has 40 heavy (non-hydrogen) atoms. The third-order valence-corrected chi connectivity index (χ3v) is 8.98. The quantitative estimate of drug-likeness (QED) is 0.410. The van der Waals surface area contributed by atoms with Gasteiger partial charge in [0.1, 0.15) is 5.82 Å². The molecular formula is C24H21F7N4O4S. The van der Waals surface area contributed by atoms with Crippen molar-refractivity contribution >= 4 is 15.7 Å². The SMILES string of the molecule is NC1(c2nnc(CC3CCc4cc(C(O)(C(F)(F)F)C(F)(F)F)ccc4N3S(=O)(=O)c3ccc(F)cc3)o2)CC1. The van der Waals surface area contributed by atoms with Gasteiger partial charge in [-0.25, -0.2) is 12.8 Å². The summed E-state index contributed by atoms with van der Waals surface area (Å²) in [5.41, 5.74) is -1.81. The number of nitrogens with two attached hydrogens (primary N) is 1. The molecular weight excluding hydrogens is 573 g/mol. The van der Waals surface area contributed by atoms with Gasteiger partial charge >= 0.3 is 12.4 Å². The Balaban J connectivity index is 1.59. The van der Waals surface area contributed by atoms with Crippen LogP contribution in [0.15, 0.2) is 51.8 Å². The van der Waals surface area contributed by atoms with Crippen molar-refractivity contribution in [1.82, 2.24) is 10.2 Å². The lowest BCUT2D eigenvalue weighted by molar-refractivity contribution is -0.376. The van der Waals surface area contributed by atoms with Gasteiger partial charge in [-0.1, -0.05) is 12.1 Å². The van der Waals surface area contributed by atoms with E-state index in [0.717, 1.165) is 34.6 Å². The predicted octanol–water partition coefficient (Wildman–Crippen LogP) is 4.22. The summed E-state index contributed by atoms with van der Waals surface area (Å²) in [4.78, 5) is -0.372. The van der Waals surface area contributed by atoms with E-state index in [1.54, 1.807) is 0 Å². The predicted molar refractivity (Wildman–Crippen MR) is 124 cm³/mol. The Hall–Kier alpha value is -3.24. The number of rotatable bonds is 6. The van der Waals surface area contributed by atoms with E-state index in [2.05, 4.69) is 10.2 Å². The number of aromatic nitrogens is 2. The minimum absolute atomic E-state index is 0.0274. The maximum Gasteiger partial charge on any atom is 0.430 e. The third-order valence-electron chi connectivity index (χ3n) is 7.10. The maximum atomic E-state index is 13.7. The fourth-order valence-corrected chi connectivity index (χ4v) is 6.38. The van der Waals surface area contributed by atoms with Crippen LogP contribution in [0.5, 0.6) is 0 Å². The van der Waals surface area contributed by atoms with Crippen LogP contribution in [-0.2, 0) is 34.0 Å². The lowest BCUT2D eigenvalue weighted by Crippen LogP contribution is -2.54. The third kappa shape index (κ3) is 4.60. The van der Waals surface area contributed by atoms with E-state index >= 15 is 0 Å². The number of alkyl halides is 6. The normalized spacial score (nSPS) is 19.4. The lowest BCUT2D eigenvalue weighted by Gasteiger charge is -2.39. The standard InChI is InChI=1S/C24H21F7N4O4S/c25-15-3-6-17(7-4-15)40(37,38)35-16(12-19-33-34-20(39-19)21(32)9-10-21)5-1-13-11-14(2-8-18(13)35)22(36,23(26,27)28)24(29,30)31/h2-4,6-8,11,16,36H,1,5,9-10,12,32H2. The van der Waals surface area contributed by atoms with Crippen LogP contribution < -0.4 is 10.0 Å². The van der Waals surface area contributed by atoms with Gasteiger partial charge in [0.25, 0.3) is 15.6 Å². The number of anilines is 1. The van der Waals surface area contributed by atoms with Crippen molar-refractivity contribution in [2.45, 2.75) is 66.5 Å². The average molecular weight is 595 g/mol. The molecule has 0 saturated heterocycles. The fraction of sp³-hybridized carbons (Fsp3) is 0.417. The molecule has 2 heterocycles. The van der Waals surface area contributed by atoms with Crippen LogP contribution in [-0.4, -0.2) is 42.1 Å². The molecule has 2 aliphatic rings. The second-order valence-corrected chi connectivity index (χ2v) is 11.7. The summed E-state index contributed by atoms with van der Waals surface area (Å²) in [6.45, 7) is 0. The average Bonchev–Trinajstić information content (AvgIpc) is 3.43. The zero-order chi connectivity index (χ0) is 29.3. The highest BCUT2D eigenvalue weighted by Crippen LogP contribution is 2.51. The molecule has 0 amide bonds. The van der Waals surface area contributed by atoms with E-state index in [1.807, 2.05) is 0 Å². The molecule has 5 rings (SSSR count). The first-order chi connectivity index (χ1) is 18.5. The first kappa shape index (κ1) is 28.3. The van der Waals surface area contributed by atoms with E-state index in [0.29, 0.717) is 25.0 Å². The molecule has 16 heteroatoms. The first-order valence-corrected chi connectivity index (χ1v) is 13.3. The summed E-state index contributed by atoms with van der Waals surface area (Å²) in [5, 5.41) is 17.7. The maximum absolute atomic E-state index is 13.7. The molecule has 0 radical (unpaired) electrons. The Labute approximate surface area is 222 Å². The number of hydrogen-bond acceptors (Lipinski definition) is 7. The topological polar surface area (TPSA) is 123 Å². The summed E-state index contributed by atoms with van der Waals surface area (Å²) >= 11 is 0. The summed E-state index contributed by atoms with van der Waals surface area (Å²) < 4.78 is 128. The van der Waals surface area contributed by atoms with Gasteiger partial charge in [0, 0.05) is 12.0 Å². The van der Waals surface area contributed by atoms with Crippen molar-refractivity contribution in [1.29, 1.82) is 0 Å². The molecule has 1 aliphatic heterocycles. The Bertz CT molecular complexity index is 1520. The monoisotopic (exact) mass is 594 g/mol. The van der Waals surface area contributed by atoms with Crippen LogP contribution in [0, 0.1) is 5.82 Å². The summed E-state index contributed by atoms with van der Waals surface area (Å²) in [7, 11) is -4.53. The molecule has 216 valence electrons. The van der Waals surface area contributed by atoms with Crippen molar-refractivity contribution in [2.24, 2.45) is 5.73 Å². The Morgan fingerprint density at radius 1 is 1.02 bits per heavy atom. The van der Waals surface area contributed by atoms with Gasteiger partial charge in [0.05, 0.1) is 22.2 Å². The van der Waals surface area contributed by atoms with Crippen LogP contribution in [0.1, 0.15) is 42.2 Å². The molecule has 3 N–H and O–H groups in total. The van der Waals surface area contributed by atoms with Crippen LogP contribution in [0.3, 0.4) is 0 Å². The molecule has 1 fully saturated rings. The molecule has 1 saturated carbocycles. The van der Waals surface area contributed by atoms with Crippen molar-refractivity contribution < 1.29 is 48.7 Å². The largest absolute Gasteiger partial charge is 0.430 e. The molecule has 3 aromatic rings. The van der Waals surface area contributed by atoms with Crippen LogP contribution in [0.4, 0.5) is 36.4 Å². The highest BCUT2D eigenvalue weighted by Gasteiger charge is 2.71. The molecule has 1 atom stereocenters. The van der Waals surface area contributed by atoms with Gasteiger partial charge in [-0.2, -0.15) is 26.3 Å². The fourth-order valence-electron chi connectivity index (χ4n) is 4.67. The zero-order valence-electron chi connectivity index (χ0n) is 20.3.